The molecule has 1 amide bonds. The van der Waals surface area contributed by atoms with Crippen LogP contribution in [0.25, 0.3) is 0 Å². The monoisotopic (exact) mass is 478 g/mol. The van der Waals surface area contributed by atoms with Crippen LogP contribution < -0.4 is 0 Å². The molecule has 0 bridgehead atoms. The standard InChI is InChI=1S/C27H31ClN4O2/c1-32(16-24-22-3-2-4-23(22)30-31-24)27(34)19-8-5-17(6-9-19)13-18-7-10-20(14-18)26(33)21-11-12-25(28)29-15-21/h5-6,8-9,11-12,15,18,20,26,33H,2-4,7,10,13-14,16H2,1H3,(H,30,31)/t18-,20-,26-/m0/s1. The van der Waals surface area contributed by atoms with E-state index < -0.39 is 6.10 Å². The largest absolute Gasteiger partial charge is 0.388 e. The highest BCUT2D eigenvalue weighted by atomic mass is 35.5. The minimum atomic E-state index is -0.499. The molecule has 7 heteroatoms. The molecule has 0 saturated heterocycles. The molecular weight excluding hydrogens is 448 g/mol. The summed E-state index contributed by atoms with van der Waals surface area (Å²) in [4.78, 5) is 18.8. The Morgan fingerprint density at radius 2 is 2.03 bits per heavy atom. The van der Waals surface area contributed by atoms with Crippen LogP contribution in [0.5, 0.6) is 0 Å². The van der Waals surface area contributed by atoms with Crippen molar-refractivity contribution in [2.45, 2.75) is 57.6 Å². The van der Waals surface area contributed by atoms with Crippen LogP contribution in [0.3, 0.4) is 0 Å². The number of aryl methyl sites for hydroxylation is 1. The summed E-state index contributed by atoms with van der Waals surface area (Å²) in [5.74, 6) is 0.791. The summed E-state index contributed by atoms with van der Waals surface area (Å²) in [5, 5.41) is 18.7. The van der Waals surface area contributed by atoms with E-state index in [9.17, 15) is 9.90 Å². The number of aliphatic hydroxyl groups excluding tert-OH is 1. The second-order valence-corrected chi connectivity index (χ2v) is 10.2. The number of rotatable bonds is 7. The van der Waals surface area contributed by atoms with E-state index in [-0.39, 0.29) is 11.8 Å². The second-order valence-electron chi connectivity index (χ2n) is 9.84. The first-order chi connectivity index (χ1) is 16.5. The maximum absolute atomic E-state index is 12.9. The Labute approximate surface area is 205 Å². The zero-order valence-electron chi connectivity index (χ0n) is 19.5. The third-order valence-corrected chi connectivity index (χ3v) is 7.69. The quantitative estimate of drug-likeness (QED) is 0.472. The smallest absolute Gasteiger partial charge is 0.253 e. The highest BCUT2D eigenvalue weighted by molar-refractivity contribution is 6.29. The summed E-state index contributed by atoms with van der Waals surface area (Å²) in [6.45, 7) is 0.529. The van der Waals surface area contributed by atoms with Gasteiger partial charge < -0.3 is 10.0 Å². The van der Waals surface area contributed by atoms with Gasteiger partial charge in [-0.2, -0.15) is 5.10 Å². The zero-order valence-corrected chi connectivity index (χ0v) is 20.3. The first kappa shape index (κ1) is 23.1. The summed E-state index contributed by atoms with van der Waals surface area (Å²) in [6.07, 6.45) is 8.50. The number of amides is 1. The molecule has 1 fully saturated rings. The van der Waals surface area contributed by atoms with Gasteiger partial charge in [-0.1, -0.05) is 29.8 Å². The predicted octanol–water partition coefficient (Wildman–Crippen LogP) is 4.91. The molecule has 3 atom stereocenters. The number of carbonyl (C=O) groups excluding carboxylic acids is 1. The van der Waals surface area contributed by atoms with Crippen molar-refractivity contribution in [2.24, 2.45) is 11.8 Å². The number of carbonyl (C=O) groups is 1. The lowest BCUT2D eigenvalue weighted by atomic mass is 9.92. The summed E-state index contributed by atoms with van der Waals surface area (Å²) < 4.78 is 0. The average Bonchev–Trinajstić information content (AvgIpc) is 3.58. The molecule has 2 aliphatic carbocycles. The van der Waals surface area contributed by atoms with E-state index >= 15 is 0 Å². The molecule has 5 rings (SSSR count). The van der Waals surface area contributed by atoms with Gasteiger partial charge >= 0.3 is 0 Å². The Bertz CT molecular complexity index is 1140. The fourth-order valence-electron chi connectivity index (χ4n) is 5.57. The molecule has 2 aliphatic rings. The molecule has 0 aliphatic heterocycles. The molecule has 1 aromatic carbocycles. The van der Waals surface area contributed by atoms with Crippen LogP contribution in [0.4, 0.5) is 0 Å². The van der Waals surface area contributed by atoms with Crippen LogP contribution in [0.15, 0.2) is 42.6 Å². The Morgan fingerprint density at radius 1 is 1.21 bits per heavy atom. The van der Waals surface area contributed by atoms with Crippen molar-refractivity contribution in [2.75, 3.05) is 7.05 Å². The highest BCUT2D eigenvalue weighted by Crippen LogP contribution is 2.40. The number of pyridine rings is 1. The maximum Gasteiger partial charge on any atom is 0.253 e. The Hall–Kier alpha value is -2.70. The van der Waals surface area contributed by atoms with Crippen LogP contribution in [0, 0.1) is 11.8 Å². The number of aliphatic hydroxyl groups is 1. The van der Waals surface area contributed by atoms with E-state index in [1.165, 1.54) is 16.8 Å². The van der Waals surface area contributed by atoms with Crippen LogP contribution in [-0.2, 0) is 25.8 Å². The van der Waals surface area contributed by atoms with Gasteiger partial charge in [-0.05, 0) is 91.7 Å². The van der Waals surface area contributed by atoms with Crippen molar-refractivity contribution in [3.05, 3.63) is 81.4 Å². The van der Waals surface area contributed by atoms with E-state index in [2.05, 4.69) is 27.3 Å². The van der Waals surface area contributed by atoms with Gasteiger partial charge in [0.1, 0.15) is 5.15 Å². The van der Waals surface area contributed by atoms with E-state index in [0.717, 1.165) is 56.2 Å². The number of benzene rings is 1. The molecular formula is C27H31ClN4O2. The lowest BCUT2D eigenvalue weighted by molar-refractivity contribution is 0.0783. The topological polar surface area (TPSA) is 82.1 Å². The molecule has 2 aromatic heterocycles. The molecule has 34 heavy (non-hydrogen) atoms. The summed E-state index contributed by atoms with van der Waals surface area (Å²) in [6, 6.07) is 11.6. The van der Waals surface area contributed by atoms with E-state index in [4.69, 9.17) is 11.6 Å². The summed E-state index contributed by atoms with van der Waals surface area (Å²) in [7, 11) is 1.84. The first-order valence-corrected chi connectivity index (χ1v) is 12.5. The van der Waals surface area contributed by atoms with Gasteiger partial charge in [0.15, 0.2) is 0 Å². The Morgan fingerprint density at radius 3 is 2.79 bits per heavy atom. The minimum Gasteiger partial charge on any atom is -0.388 e. The van der Waals surface area contributed by atoms with Gasteiger partial charge in [0, 0.05) is 24.5 Å². The van der Waals surface area contributed by atoms with Gasteiger partial charge in [-0.25, -0.2) is 4.98 Å². The molecule has 0 radical (unpaired) electrons. The van der Waals surface area contributed by atoms with Crippen LogP contribution in [0.2, 0.25) is 5.15 Å². The van der Waals surface area contributed by atoms with Crippen molar-refractivity contribution >= 4 is 17.5 Å². The molecule has 3 aromatic rings. The zero-order chi connectivity index (χ0) is 23.7. The van der Waals surface area contributed by atoms with E-state index in [1.54, 1.807) is 17.2 Å². The normalized spacial score (nSPS) is 20.3. The van der Waals surface area contributed by atoms with Gasteiger partial charge in [0.05, 0.1) is 18.3 Å². The number of nitrogens with one attached hydrogen (secondary N) is 1. The lowest BCUT2D eigenvalue weighted by Crippen LogP contribution is -2.26. The van der Waals surface area contributed by atoms with Crippen molar-refractivity contribution < 1.29 is 9.90 Å². The Kier molecular flexibility index (Phi) is 6.70. The summed E-state index contributed by atoms with van der Waals surface area (Å²) in [5.41, 5.74) is 6.29. The number of hydrogen-bond donors (Lipinski definition) is 2. The Balaban J connectivity index is 1.15. The average molecular weight is 479 g/mol. The number of aromatic nitrogens is 3. The van der Waals surface area contributed by atoms with Gasteiger partial charge in [-0.15, -0.1) is 0 Å². The number of H-pyrrole nitrogens is 1. The van der Waals surface area contributed by atoms with Crippen molar-refractivity contribution in [1.82, 2.24) is 20.1 Å². The van der Waals surface area contributed by atoms with Crippen LogP contribution in [0.1, 0.15) is 70.2 Å². The number of aromatic amines is 1. The molecule has 0 spiro atoms. The second kappa shape index (κ2) is 9.88. The molecule has 6 nitrogen and oxygen atoms in total. The summed E-state index contributed by atoms with van der Waals surface area (Å²) >= 11 is 5.87. The van der Waals surface area contributed by atoms with E-state index in [0.29, 0.717) is 23.2 Å². The third-order valence-electron chi connectivity index (χ3n) is 7.47. The van der Waals surface area contributed by atoms with Crippen molar-refractivity contribution in [1.29, 1.82) is 0 Å². The molecule has 0 unspecified atom stereocenters. The van der Waals surface area contributed by atoms with Crippen molar-refractivity contribution in [3.63, 3.8) is 0 Å². The molecule has 178 valence electrons. The number of hydrogen-bond acceptors (Lipinski definition) is 4. The lowest BCUT2D eigenvalue weighted by Gasteiger charge is -2.19. The number of halogens is 1. The third kappa shape index (κ3) is 4.89. The fraction of sp³-hybridized carbons (Fsp3) is 0.444. The SMILES string of the molecule is CN(Cc1n[nH]c2c1CCC2)C(=O)c1ccc(C[C@@H]2CC[C@H]([C@H](O)c3ccc(Cl)nc3)C2)cc1. The number of fused-ring (bicyclic) bond motifs is 1. The van der Waals surface area contributed by atoms with Gasteiger partial charge in [-0.3, -0.25) is 9.89 Å². The predicted molar refractivity (Wildman–Crippen MR) is 132 cm³/mol. The van der Waals surface area contributed by atoms with E-state index in [1.807, 2.05) is 25.2 Å². The molecule has 2 heterocycles. The number of nitrogens with zero attached hydrogens (tertiary/aromatic N) is 3. The fourth-order valence-corrected chi connectivity index (χ4v) is 5.68. The van der Waals surface area contributed by atoms with Gasteiger partial charge in [0.2, 0.25) is 0 Å². The molecule has 1 saturated carbocycles. The first-order valence-electron chi connectivity index (χ1n) is 12.2. The molecule has 2 N–H and O–H groups in total. The van der Waals surface area contributed by atoms with Crippen LogP contribution >= 0.6 is 11.6 Å². The maximum atomic E-state index is 12.9. The van der Waals surface area contributed by atoms with Gasteiger partial charge in [0.25, 0.3) is 5.91 Å². The van der Waals surface area contributed by atoms with Crippen LogP contribution in [-0.4, -0.2) is 38.1 Å². The highest BCUT2D eigenvalue weighted by Gasteiger charge is 2.31. The van der Waals surface area contributed by atoms with Crippen molar-refractivity contribution in [3.8, 4) is 0 Å². The minimum absolute atomic E-state index is 0.0157.